The highest BCUT2D eigenvalue weighted by molar-refractivity contribution is 6.17. The maximum Gasteiger partial charge on any atom is 0.330 e. The van der Waals surface area contributed by atoms with Crippen molar-refractivity contribution in [3.05, 3.63) is 41.5 Å². The highest BCUT2D eigenvalue weighted by Crippen LogP contribution is 2.08. The van der Waals surface area contributed by atoms with Gasteiger partial charge in [0.05, 0.1) is 7.11 Å². The van der Waals surface area contributed by atoms with Crippen LogP contribution in [0, 0.1) is 0 Å². The molecule has 14 heavy (non-hydrogen) atoms. The minimum absolute atomic E-state index is 0.355. The van der Waals surface area contributed by atoms with E-state index in [1.165, 1.54) is 13.2 Å². The van der Waals surface area contributed by atoms with Crippen LogP contribution in [0.3, 0.4) is 0 Å². The highest BCUT2D eigenvalue weighted by Gasteiger charge is 1.92. The molecule has 0 aliphatic heterocycles. The van der Waals surface area contributed by atoms with E-state index in [1.807, 2.05) is 24.3 Å². The van der Waals surface area contributed by atoms with E-state index in [4.69, 9.17) is 11.6 Å². The van der Waals surface area contributed by atoms with E-state index in [1.54, 1.807) is 6.08 Å². The van der Waals surface area contributed by atoms with Gasteiger partial charge >= 0.3 is 5.97 Å². The molecule has 0 bridgehead atoms. The summed E-state index contributed by atoms with van der Waals surface area (Å²) in [6.07, 6.45) is 3.08. The minimum Gasteiger partial charge on any atom is -0.466 e. The van der Waals surface area contributed by atoms with E-state index in [0.29, 0.717) is 5.88 Å². The minimum atomic E-state index is -0.355. The van der Waals surface area contributed by atoms with Crippen molar-refractivity contribution in [1.82, 2.24) is 0 Å². The molecule has 0 unspecified atom stereocenters. The molecule has 1 rings (SSSR count). The number of halogens is 1. The maximum absolute atomic E-state index is 10.8. The van der Waals surface area contributed by atoms with Crippen molar-refractivity contribution in [3.8, 4) is 0 Å². The Balaban J connectivity index is 2.68. The fourth-order valence-electron chi connectivity index (χ4n) is 0.950. The number of esters is 1. The molecule has 1 aromatic rings. The molecule has 3 heteroatoms. The van der Waals surface area contributed by atoms with Gasteiger partial charge < -0.3 is 4.74 Å². The van der Waals surface area contributed by atoms with Crippen molar-refractivity contribution in [2.75, 3.05) is 7.11 Å². The highest BCUT2D eigenvalue weighted by atomic mass is 35.5. The first-order chi connectivity index (χ1) is 6.76. The quantitative estimate of drug-likeness (QED) is 0.436. The van der Waals surface area contributed by atoms with E-state index >= 15 is 0 Å². The molecule has 0 atom stereocenters. The summed E-state index contributed by atoms with van der Waals surface area (Å²) >= 11 is 5.64. The van der Waals surface area contributed by atoms with Gasteiger partial charge in [-0.3, -0.25) is 0 Å². The van der Waals surface area contributed by atoms with Gasteiger partial charge in [0.2, 0.25) is 0 Å². The Labute approximate surface area is 88.1 Å². The summed E-state index contributed by atoms with van der Waals surface area (Å²) in [5.41, 5.74) is 2.01. The molecule has 0 aliphatic rings. The van der Waals surface area contributed by atoms with Crippen molar-refractivity contribution < 1.29 is 9.53 Å². The van der Waals surface area contributed by atoms with Crippen LogP contribution >= 0.6 is 11.6 Å². The van der Waals surface area contributed by atoms with Crippen LogP contribution < -0.4 is 0 Å². The molecule has 1 aromatic carbocycles. The summed E-state index contributed by atoms with van der Waals surface area (Å²) in [5, 5.41) is 0. The Kier molecular flexibility index (Phi) is 4.20. The first-order valence-corrected chi connectivity index (χ1v) is 4.70. The topological polar surface area (TPSA) is 26.3 Å². The van der Waals surface area contributed by atoms with Gasteiger partial charge in [0.15, 0.2) is 0 Å². The van der Waals surface area contributed by atoms with Crippen LogP contribution in [0.5, 0.6) is 0 Å². The Morgan fingerprint density at radius 2 is 2.07 bits per heavy atom. The average molecular weight is 211 g/mol. The van der Waals surface area contributed by atoms with Crippen LogP contribution in [-0.2, 0) is 15.4 Å². The molecule has 0 amide bonds. The van der Waals surface area contributed by atoms with Gasteiger partial charge in [-0.1, -0.05) is 24.3 Å². The summed E-state index contributed by atoms with van der Waals surface area (Å²) in [6.45, 7) is 0. The summed E-state index contributed by atoms with van der Waals surface area (Å²) in [4.78, 5) is 10.8. The molecule has 0 N–H and O–H groups in total. The number of carbonyl (C=O) groups is 1. The third kappa shape index (κ3) is 3.23. The van der Waals surface area contributed by atoms with Crippen molar-refractivity contribution in [1.29, 1.82) is 0 Å². The van der Waals surface area contributed by atoms with E-state index < -0.39 is 0 Å². The second-order valence-corrected chi connectivity index (χ2v) is 3.00. The second-order valence-electron chi connectivity index (χ2n) is 2.73. The Hall–Kier alpha value is -1.28. The standard InChI is InChI=1S/C11H11ClO2/c1-14-11(13)7-6-9-2-4-10(8-12)5-3-9/h2-7H,8H2,1H3. The Bertz CT molecular complexity index is 328. The Morgan fingerprint density at radius 3 is 2.57 bits per heavy atom. The summed E-state index contributed by atoms with van der Waals surface area (Å²) in [7, 11) is 1.35. The lowest BCUT2D eigenvalue weighted by Gasteiger charge is -1.96. The molecule has 0 saturated heterocycles. The van der Waals surface area contributed by atoms with Gasteiger partial charge in [0.1, 0.15) is 0 Å². The third-order valence-corrected chi connectivity index (χ3v) is 2.06. The normalized spacial score (nSPS) is 10.4. The van der Waals surface area contributed by atoms with Crippen LogP contribution in [-0.4, -0.2) is 13.1 Å². The monoisotopic (exact) mass is 210 g/mol. The van der Waals surface area contributed by atoms with Gasteiger partial charge in [-0.25, -0.2) is 4.79 Å². The molecular formula is C11H11ClO2. The predicted molar refractivity (Wildman–Crippen MR) is 57.0 cm³/mol. The molecule has 0 heterocycles. The van der Waals surface area contributed by atoms with E-state index in [0.717, 1.165) is 11.1 Å². The molecule has 0 aliphatic carbocycles. The van der Waals surface area contributed by atoms with Crippen LogP contribution in [0.15, 0.2) is 30.3 Å². The number of hydrogen-bond acceptors (Lipinski definition) is 2. The molecule has 0 fully saturated rings. The fraction of sp³-hybridized carbons (Fsp3) is 0.182. The lowest BCUT2D eigenvalue weighted by Crippen LogP contribution is -1.93. The zero-order valence-electron chi connectivity index (χ0n) is 7.87. The summed E-state index contributed by atoms with van der Waals surface area (Å²) in [6, 6.07) is 7.64. The molecule has 0 saturated carbocycles. The lowest BCUT2D eigenvalue weighted by atomic mass is 10.1. The summed E-state index contributed by atoms with van der Waals surface area (Å²) in [5.74, 6) is 0.146. The van der Waals surface area contributed by atoms with Gasteiger partial charge in [0, 0.05) is 12.0 Å². The number of rotatable bonds is 3. The van der Waals surface area contributed by atoms with Crippen molar-refractivity contribution in [2.24, 2.45) is 0 Å². The molecule has 2 nitrogen and oxygen atoms in total. The third-order valence-electron chi connectivity index (χ3n) is 1.75. The number of methoxy groups -OCH3 is 1. The number of carbonyl (C=O) groups excluding carboxylic acids is 1. The number of alkyl halides is 1. The van der Waals surface area contributed by atoms with E-state index in [-0.39, 0.29) is 5.97 Å². The Morgan fingerprint density at radius 1 is 1.43 bits per heavy atom. The lowest BCUT2D eigenvalue weighted by molar-refractivity contribution is -0.134. The average Bonchev–Trinajstić information content (AvgIpc) is 2.26. The van der Waals surface area contributed by atoms with Gasteiger partial charge in [-0.05, 0) is 17.2 Å². The molecular weight excluding hydrogens is 200 g/mol. The van der Waals surface area contributed by atoms with Crippen molar-refractivity contribution in [3.63, 3.8) is 0 Å². The largest absolute Gasteiger partial charge is 0.466 e. The van der Waals surface area contributed by atoms with Crippen LogP contribution in [0.2, 0.25) is 0 Å². The number of ether oxygens (including phenoxy) is 1. The van der Waals surface area contributed by atoms with Crippen LogP contribution in [0.25, 0.3) is 6.08 Å². The molecule has 74 valence electrons. The molecule has 0 radical (unpaired) electrons. The number of benzene rings is 1. The van der Waals surface area contributed by atoms with Gasteiger partial charge in [0.25, 0.3) is 0 Å². The SMILES string of the molecule is COC(=O)C=Cc1ccc(CCl)cc1. The van der Waals surface area contributed by atoms with E-state index in [2.05, 4.69) is 4.74 Å². The van der Waals surface area contributed by atoms with Crippen LogP contribution in [0.4, 0.5) is 0 Å². The first-order valence-electron chi connectivity index (χ1n) is 4.17. The summed E-state index contributed by atoms with van der Waals surface area (Å²) < 4.78 is 4.47. The van der Waals surface area contributed by atoms with Gasteiger partial charge in [-0.15, -0.1) is 11.6 Å². The first kappa shape index (κ1) is 10.8. The second kappa shape index (κ2) is 5.45. The predicted octanol–water partition coefficient (Wildman–Crippen LogP) is 2.61. The molecule has 0 spiro atoms. The zero-order valence-corrected chi connectivity index (χ0v) is 8.62. The van der Waals surface area contributed by atoms with Crippen molar-refractivity contribution >= 4 is 23.6 Å². The number of hydrogen-bond donors (Lipinski definition) is 0. The van der Waals surface area contributed by atoms with Crippen molar-refractivity contribution in [2.45, 2.75) is 5.88 Å². The maximum atomic E-state index is 10.8. The molecule has 0 aromatic heterocycles. The van der Waals surface area contributed by atoms with Crippen LogP contribution in [0.1, 0.15) is 11.1 Å². The van der Waals surface area contributed by atoms with E-state index in [9.17, 15) is 4.79 Å². The smallest absolute Gasteiger partial charge is 0.330 e. The zero-order chi connectivity index (χ0) is 10.4. The fourth-order valence-corrected chi connectivity index (χ4v) is 1.13. The van der Waals surface area contributed by atoms with Gasteiger partial charge in [-0.2, -0.15) is 0 Å².